The zero-order valence-corrected chi connectivity index (χ0v) is 9.36. The highest BCUT2D eigenvalue weighted by Crippen LogP contribution is 2.20. The van der Waals surface area contributed by atoms with Crippen LogP contribution in [0.3, 0.4) is 0 Å². The highest BCUT2D eigenvalue weighted by Gasteiger charge is 2.20. The number of fused-ring (bicyclic) bond motifs is 1. The lowest BCUT2D eigenvalue weighted by Crippen LogP contribution is -2.20. The first-order valence-electron chi connectivity index (χ1n) is 5.02. The number of aromatic amines is 1. The second-order valence-corrected chi connectivity index (χ2v) is 5.97. The largest absolute Gasteiger partial charge is 0.325 e. The van der Waals surface area contributed by atoms with Crippen LogP contribution in [0.5, 0.6) is 0 Å². The smallest absolute Gasteiger partial charge is 0.266 e. The highest BCUT2D eigenvalue weighted by atomic mass is 32.2. The minimum Gasteiger partial charge on any atom is -0.325 e. The summed E-state index contributed by atoms with van der Waals surface area (Å²) in [6.45, 7) is 1.54. The van der Waals surface area contributed by atoms with Gasteiger partial charge in [0.1, 0.15) is 4.90 Å². The number of sulfone groups is 1. The van der Waals surface area contributed by atoms with Gasteiger partial charge in [-0.25, -0.2) is 8.42 Å². The van der Waals surface area contributed by atoms with E-state index in [4.69, 9.17) is 0 Å². The Bertz CT molecular complexity index is 542. The number of H-pyrrole nitrogens is 1. The zero-order chi connectivity index (χ0) is 11.1. The molecule has 0 amide bonds. The van der Waals surface area contributed by atoms with E-state index in [1.165, 1.54) is 0 Å². The molecule has 1 aliphatic rings. The molecule has 82 valence electrons. The van der Waals surface area contributed by atoms with E-state index < -0.39 is 15.4 Å². The highest BCUT2D eigenvalue weighted by molar-refractivity contribution is 7.91. The van der Waals surface area contributed by atoms with Crippen LogP contribution in [0.1, 0.15) is 24.6 Å². The van der Waals surface area contributed by atoms with E-state index in [9.17, 15) is 13.2 Å². The molecule has 1 aliphatic carbocycles. The average molecular weight is 227 g/mol. The molecule has 1 N–H and O–H groups in total. The van der Waals surface area contributed by atoms with Crippen molar-refractivity contribution in [2.45, 2.75) is 31.1 Å². The number of pyridine rings is 1. The molecule has 1 aromatic rings. The second kappa shape index (κ2) is 3.48. The first-order chi connectivity index (χ1) is 7.04. The molecule has 0 saturated heterocycles. The molecule has 0 aromatic carbocycles. The Kier molecular flexibility index (Phi) is 2.42. The molecule has 0 bridgehead atoms. The fourth-order valence-electron chi connectivity index (χ4n) is 1.88. The van der Waals surface area contributed by atoms with Gasteiger partial charge in [0.2, 0.25) is 0 Å². The Morgan fingerprint density at radius 1 is 1.40 bits per heavy atom. The molecule has 0 saturated carbocycles. The number of aryl methyl sites for hydroxylation is 2. The predicted octanol–water partition coefficient (Wildman–Crippen LogP) is 0.657. The van der Waals surface area contributed by atoms with Crippen LogP contribution in [0.2, 0.25) is 0 Å². The minimum absolute atomic E-state index is 0.0329. The Morgan fingerprint density at radius 3 is 2.80 bits per heavy atom. The SMILES string of the molecule is CCS(=O)(=O)c1cc2c([nH]c1=O)CCC2. The van der Waals surface area contributed by atoms with Gasteiger partial charge in [-0.15, -0.1) is 0 Å². The van der Waals surface area contributed by atoms with Crippen LogP contribution in [0.25, 0.3) is 0 Å². The molecule has 0 atom stereocenters. The van der Waals surface area contributed by atoms with Crippen molar-refractivity contribution in [3.05, 3.63) is 27.7 Å². The molecule has 1 aromatic heterocycles. The maximum Gasteiger partial charge on any atom is 0.266 e. The summed E-state index contributed by atoms with van der Waals surface area (Å²) in [6.07, 6.45) is 2.69. The fourth-order valence-corrected chi connectivity index (χ4v) is 2.84. The van der Waals surface area contributed by atoms with E-state index in [0.717, 1.165) is 30.5 Å². The van der Waals surface area contributed by atoms with Crippen LogP contribution in [-0.4, -0.2) is 19.2 Å². The van der Waals surface area contributed by atoms with Crippen molar-refractivity contribution < 1.29 is 8.42 Å². The number of hydrogen-bond donors (Lipinski definition) is 1. The molecule has 5 heteroatoms. The summed E-state index contributed by atoms with van der Waals surface area (Å²) >= 11 is 0. The first kappa shape index (κ1) is 10.4. The van der Waals surface area contributed by atoms with Gasteiger partial charge >= 0.3 is 0 Å². The van der Waals surface area contributed by atoms with Gasteiger partial charge < -0.3 is 4.98 Å². The monoisotopic (exact) mass is 227 g/mol. The molecular formula is C10H13NO3S. The van der Waals surface area contributed by atoms with Crippen LogP contribution in [-0.2, 0) is 22.7 Å². The third-order valence-corrected chi connectivity index (χ3v) is 4.50. The van der Waals surface area contributed by atoms with Gasteiger partial charge in [0.15, 0.2) is 9.84 Å². The third-order valence-electron chi connectivity index (χ3n) is 2.77. The van der Waals surface area contributed by atoms with Crippen LogP contribution < -0.4 is 5.56 Å². The molecule has 0 spiro atoms. The van der Waals surface area contributed by atoms with E-state index in [0.29, 0.717) is 0 Å². The molecule has 0 fully saturated rings. The maximum atomic E-state index is 11.6. The lowest BCUT2D eigenvalue weighted by atomic mass is 10.2. The molecule has 2 rings (SSSR count). The predicted molar refractivity (Wildman–Crippen MR) is 56.8 cm³/mol. The molecule has 0 unspecified atom stereocenters. The van der Waals surface area contributed by atoms with E-state index in [-0.39, 0.29) is 10.6 Å². The average Bonchev–Trinajstić information content (AvgIpc) is 2.63. The minimum atomic E-state index is -3.39. The quantitative estimate of drug-likeness (QED) is 0.807. The van der Waals surface area contributed by atoms with Crippen molar-refractivity contribution in [3.63, 3.8) is 0 Å². The third kappa shape index (κ3) is 1.71. The van der Waals surface area contributed by atoms with Gasteiger partial charge in [-0.05, 0) is 30.9 Å². The van der Waals surface area contributed by atoms with Crippen molar-refractivity contribution >= 4 is 9.84 Å². The molecule has 1 heterocycles. The molecule has 0 radical (unpaired) electrons. The zero-order valence-electron chi connectivity index (χ0n) is 8.54. The van der Waals surface area contributed by atoms with Crippen molar-refractivity contribution in [3.8, 4) is 0 Å². The van der Waals surface area contributed by atoms with Gasteiger partial charge in [0, 0.05) is 5.69 Å². The Balaban J connectivity index is 2.65. The van der Waals surface area contributed by atoms with Crippen LogP contribution >= 0.6 is 0 Å². The van der Waals surface area contributed by atoms with Crippen molar-refractivity contribution in [2.75, 3.05) is 5.75 Å². The summed E-state index contributed by atoms with van der Waals surface area (Å²) in [6, 6.07) is 1.54. The van der Waals surface area contributed by atoms with E-state index in [2.05, 4.69) is 4.98 Å². The number of hydrogen-bond acceptors (Lipinski definition) is 3. The van der Waals surface area contributed by atoms with Crippen molar-refractivity contribution in [2.24, 2.45) is 0 Å². The Morgan fingerprint density at radius 2 is 2.13 bits per heavy atom. The van der Waals surface area contributed by atoms with E-state index in [1.54, 1.807) is 13.0 Å². The van der Waals surface area contributed by atoms with Crippen LogP contribution in [0.15, 0.2) is 15.8 Å². The summed E-state index contributed by atoms with van der Waals surface area (Å²) in [5, 5.41) is 0. The van der Waals surface area contributed by atoms with Gasteiger partial charge in [-0.3, -0.25) is 4.79 Å². The summed E-state index contributed by atoms with van der Waals surface area (Å²) in [4.78, 5) is 14.1. The number of aromatic nitrogens is 1. The summed E-state index contributed by atoms with van der Waals surface area (Å²) in [5.74, 6) is -0.0329. The van der Waals surface area contributed by atoms with E-state index >= 15 is 0 Å². The van der Waals surface area contributed by atoms with Crippen LogP contribution in [0, 0.1) is 0 Å². The Hall–Kier alpha value is -1.10. The topological polar surface area (TPSA) is 67.0 Å². The summed E-state index contributed by atoms with van der Waals surface area (Å²) in [5.41, 5.74) is 1.40. The lowest BCUT2D eigenvalue weighted by Gasteiger charge is -2.03. The number of nitrogens with one attached hydrogen (secondary N) is 1. The lowest BCUT2D eigenvalue weighted by molar-refractivity contribution is 0.595. The molecular weight excluding hydrogens is 214 g/mol. The van der Waals surface area contributed by atoms with Gasteiger partial charge in [0.25, 0.3) is 5.56 Å². The van der Waals surface area contributed by atoms with Crippen molar-refractivity contribution in [1.29, 1.82) is 0 Å². The first-order valence-corrected chi connectivity index (χ1v) is 6.67. The summed E-state index contributed by atoms with van der Waals surface area (Å²) < 4.78 is 23.2. The van der Waals surface area contributed by atoms with Gasteiger partial charge in [-0.2, -0.15) is 0 Å². The Labute approximate surface area is 88.3 Å². The summed E-state index contributed by atoms with van der Waals surface area (Å²) in [7, 11) is -3.39. The normalized spacial score (nSPS) is 15.3. The fraction of sp³-hybridized carbons (Fsp3) is 0.500. The number of rotatable bonds is 2. The van der Waals surface area contributed by atoms with Crippen molar-refractivity contribution in [1.82, 2.24) is 4.98 Å². The molecule has 0 aliphatic heterocycles. The van der Waals surface area contributed by atoms with Gasteiger partial charge in [0.05, 0.1) is 5.75 Å². The van der Waals surface area contributed by atoms with Gasteiger partial charge in [-0.1, -0.05) is 6.92 Å². The van der Waals surface area contributed by atoms with Crippen LogP contribution in [0.4, 0.5) is 0 Å². The van der Waals surface area contributed by atoms with E-state index in [1.807, 2.05) is 0 Å². The molecule has 15 heavy (non-hydrogen) atoms. The second-order valence-electron chi connectivity index (χ2n) is 3.72. The molecule has 4 nitrogen and oxygen atoms in total. The standard InChI is InChI=1S/C10H13NO3S/c1-2-15(13,14)9-6-7-4-3-5-8(7)11-10(9)12/h6H,2-5H2,1H3,(H,11,12). The maximum absolute atomic E-state index is 11.6.